The van der Waals surface area contributed by atoms with E-state index in [9.17, 15) is 9.50 Å². The summed E-state index contributed by atoms with van der Waals surface area (Å²) in [4.78, 5) is 0. The third-order valence-electron chi connectivity index (χ3n) is 4.92. The zero-order valence-corrected chi connectivity index (χ0v) is 15.1. The van der Waals surface area contributed by atoms with Crippen LogP contribution in [0.15, 0.2) is 42.5 Å². The Morgan fingerprint density at radius 2 is 1.79 bits per heavy atom. The van der Waals surface area contributed by atoms with Crippen LogP contribution in [0, 0.1) is 5.82 Å². The third-order valence-corrected chi connectivity index (χ3v) is 5.49. The largest absolute Gasteiger partial charge is 0.505 e. The molecule has 2 aromatic carbocycles. The summed E-state index contributed by atoms with van der Waals surface area (Å²) in [5.74, 6) is -0.913. The average Bonchev–Trinajstić information content (AvgIpc) is 2.61. The normalized spacial score (nSPS) is 20.8. The first-order valence-electron chi connectivity index (χ1n) is 8.05. The number of methoxy groups -OCH3 is 1. The number of allylic oxidation sites excluding steroid dienone is 1. The molecule has 0 fully saturated rings. The second-order valence-corrected chi connectivity index (χ2v) is 7.10. The van der Waals surface area contributed by atoms with Gasteiger partial charge in [-0.05, 0) is 60.6 Å². The number of halogens is 1. The van der Waals surface area contributed by atoms with Gasteiger partial charge < -0.3 is 9.84 Å². The van der Waals surface area contributed by atoms with E-state index in [2.05, 4.69) is 34.4 Å². The van der Waals surface area contributed by atoms with Crippen LogP contribution in [0.5, 0.6) is 5.75 Å². The zero-order valence-electron chi connectivity index (χ0n) is 14.0. The Bertz CT molecular complexity index is 783. The van der Waals surface area contributed by atoms with Crippen molar-refractivity contribution in [1.82, 2.24) is 0 Å². The summed E-state index contributed by atoms with van der Waals surface area (Å²) in [5.41, 5.74) is 4.18. The zero-order chi connectivity index (χ0) is 17.3. The predicted molar refractivity (Wildman–Crippen MR) is 100 cm³/mol. The maximum atomic E-state index is 13.9. The van der Waals surface area contributed by atoms with Crippen LogP contribution in [0.1, 0.15) is 31.7 Å². The van der Waals surface area contributed by atoms with Crippen LogP contribution in [0.3, 0.4) is 0 Å². The van der Waals surface area contributed by atoms with Gasteiger partial charge in [-0.15, -0.1) is 9.24 Å². The van der Waals surface area contributed by atoms with Crippen LogP contribution >= 0.6 is 9.24 Å². The van der Waals surface area contributed by atoms with Gasteiger partial charge in [-0.1, -0.05) is 30.3 Å². The molecular formula is C20H22FO2P. The van der Waals surface area contributed by atoms with Gasteiger partial charge in [0, 0.05) is 12.4 Å². The smallest absolute Gasteiger partial charge is 0.172 e. The molecule has 0 saturated heterocycles. The van der Waals surface area contributed by atoms with E-state index in [0.717, 1.165) is 30.4 Å². The minimum Gasteiger partial charge on any atom is -0.505 e. The van der Waals surface area contributed by atoms with Crippen LogP contribution in [0.4, 0.5) is 4.39 Å². The van der Waals surface area contributed by atoms with Gasteiger partial charge in [-0.3, -0.25) is 0 Å². The van der Waals surface area contributed by atoms with Gasteiger partial charge in [-0.25, -0.2) is 4.39 Å². The summed E-state index contributed by atoms with van der Waals surface area (Å²) in [7, 11) is 4.14. The molecule has 3 rings (SSSR count). The average molecular weight is 344 g/mol. The van der Waals surface area contributed by atoms with Gasteiger partial charge in [-0.2, -0.15) is 0 Å². The van der Waals surface area contributed by atoms with Crippen molar-refractivity contribution in [2.24, 2.45) is 0 Å². The summed E-state index contributed by atoms with van der Waals surface area (Å²) < 4.78 is 19.4. The Labute approximate surface area is 144 Å². The number of rotatable bonds is 3. The van der Waals surface area contributed by atoms with Gasteiger partial charge in [0.15, 0.2) is 11.6 Å². The molecule has 126 valence electrons. The Kier molecular flexibility index (Phi) is 4.76. The highest BCUT2D eigenvalue weighted by molar-refractivity contribution is 7.28. The van der Waals surface area contributed by atoms with Crippen LogP contribution in [-0.4, -0.2) is 17.8 Å². The summed E-state index contributed by atoms with van der Waals surface area (Å²) in [5, 5.41) is 9.83. The first-order chi connectivity index (χ1) is 11.4. The Hall–Kier alpha value is -1.70. The number of phenolic OH excluding ortho intramolecular Hbond substituents is 1. The molecule has 0 aliphatic heterocycles. The highest BCUT2D eigenvalue weighted by Crippen LogP contribution is 2.35. The molecular weight excluding hydrogens is 322 g/mol. The van der Waals surface area contributed by atoms with E-state index in [-0.39, 0.29) is 11.4 Å². The third kappa shape index (κ3) is 3.24. The number of hydrogen-bond donors (Lipinski definition) is 1. The second kappa shape index (κ2) is 6.66. The van der Waals surface area contributed by atoms with Gasteiger partial charge in [0.05, 0.1) is 5.60 Å². The monoisotopic (exact) mass is 344 g/mol. The first kappa shape index (κ1) is 17.1. The van der Waals surface area contributed by atoms with Gasteiger partial charge >= 0.3 is 0 Å². The Balaban J connectivity index is 1.86. The molecule has 4 heteroatoms. The van der Waals surface area contributed by atoms with Crippen LogP contribution < -0.4 is 5.30 Å². The van der Waals surface area contributed by atoms with Crippen LogP contribution in [0.25, 0.3) is 16.7 Å². The van der Waals surface area contributed by atoms with Crippen molar-refractivity contribution in [3.05, 3.63) is 53.9 Å². The lowest BCUT2D eigenvalue weighted by molar-refractivity contribution is 0.000130. The van der Waals surface area contributed by atoms with Crippen molar-refractivity contribution < 1.29 is 14.2 Å². The number of ether oxygens (including phenoxy) is 1. The molecule has 0 heterocycles. The summed E-state index contributed by atoms with van der Waals surface area (Å²) in [6.45, 7) is 2.14. The van der Waals surface area contributed by atoms with Crippen LogP contribution in [-0.2, 0) is 4.74 Å². The summed E-state index contributed by atoms with van der Waals surface area (Å²) in [6.07, 6.45) is 5.17. The molecule has 0 aromatic heterocycles. The van der Waals surface area contributed by atoms with E-state index in [1.165, 1.54) is 17.2 Å². The molecule has 2 nitrogen and oxygen atoms in total. The number of aromatic hydroxyl groups is 1. The molecule has 0 spiro atoms. The fourth-order valence-electron chi connectivity index (χ4n) is 3.09. The van der Waals surface area contributed by atoms with Gasteiger partial charge in [0.25, 0.3) is 0 Å². The lowest BCUT2D eigenvalue weighted by atomic mass is 9.84. The standard InChI is InChI=1S/C20H22FO2P/c1-20(23-2)11-9-14(10-12-20)13-3-5-15(6-4-13)16-7-8-17(22)18(21)19(16)24/h3-9,22H,10-12,24H2,1-2H3. The fourth-order valence-corrected chi connectivity index (χ4v) is 3.50. The molecule has 0 bridgehead atoms. The van der Waals surface area contributed by atoms with Crippen molar-refractivity contribution in [1.29, 1.82) is 0 Å². The molecule has 2 aromatic rings. The van der Waals surface area contributed by atoms with Crippen molar-refractivity contribution in [2.75, 3.05) is 7.11 Å². The van der Waals surface area contributed by atoms with E-state index < -0.39 is 5.82 Å². The lowest BCUT2D eigenvalue weighted by Crippen LogP contribution is -2.28. The lowest BCUT2D eigenvalue weighted by Gasteiger charge is -2.31. The van der Waals surface area contributed by atoms with E-state index >= 15 is 0 Å². The highest BCUT2D eigenvalue weighted by Gasteiger charge is 2.26. The number of hydrogen-bond acceptors (Lipinski definition) is 2. The van der Waals surface area contributed by atoms with Crippen LogP contribution in [0.2, 0.25) is 0 Å². The topological polar surface area (TPSA) is 29.5 Å². The molecule has 0 amide bonds. The van der Waals surface area contributed by atoms with Gasteiger partial charge in [0.2, 0.25) is 0 Å². The van der Waals surface area contributed by atoms with E-state index in [0.29, 0.717) is 5.30 Å². The quantitative estimate of drug-likeness (QED) is 0.820. The SMILES string of the molecule is COC1(C)CC=C(c2ccc(-c3ccc(O)c(F)c3P)cc2)CC1. The van der Waals surface area contributed by atoms with Crippen molar-refractivity contribution in [2.45, 2.75) is 31.8 Å². The fraction of sp³-hybridized carbons (Fsp3) is 0.300. The molecule has 24 heavy (non-hydrogen) atoms. The van der Waals surface area contributed by atoms with Crippen molar-refractivity contribution in [3.63, 3.8) is 0 Å². The maximum Gasteiger partial charge on any atom is 0.172 e. The van der Waals surface area contributed by atoms with E-state index in [4.69, 9.17) is 4.74 Å². The Morgan fingerprint density at radius 3 is 2.38 bits per heavy atom. The maximum absolute atomic E-state index is 13.9. The first-order valence-corrected chi connectivity index (χ1v) is 8.63. The number of phenols is 1. The van der Waals surface area contributed by atoms with Crippen molar-refractivity contribution >= 4 is 20.1 Å². The molecule has 0 saturated carbocycles. The molecule has 1 N–H and O–H groups in total. The molecule has 0 radical (unpaired) electrons. The molecule has 2 unspecified atom stereocenters. The summed E-state index contributed by atoms with van der Waals surface area (Å²) in [6, 6.07) is 11.3. The molecule has 1 aliphatic rings. The second-order valence-electron chi connectivity index (χ2n) is 6.52. The predicted octanol–water partition coefficient (Wildman–Crippen LogP) is 4.67. The minimum absolute atomic E-state index is 0.0542. The van der Waals surface area contributed by atoms with E-state index in [1.54, 1.807) is 13.2 Å². The van der Waals surface area contributed by atoms with Gasteiger partial charge in [0.1, 0.15) is 0 Å². The van der Waals surface area contributed by atoms with E-state index in [1.807, 2.05) is 12.1 Å². The number of benzene rings is 2. The molecule has 1 aliphatic carbocycles. The van der Waals surface area contributed by atoms with Crippen molar-refractivity contribution in [3.8, 4) is 16.9 Å². The molecule has 2 atom stereocenters. The summed E-state index contributed by atoms with van der Waals surface area (Å²) >= 11 is 0. The Morgan fingerprint density at radius 1 is 1.12 bits per heavy atom. The highest BCUT2D eigenvalue weighted by atomic mass is 31.0. The minimum atomic E-state index is -0.588.